The van der Waals surface area contributed by atoms with Crippen molar-refractivity contribution in [3.63, 3.8) is 0 Å². The summed E-state index contributed by atoms with van der Waals surface area (Å²) in [6.07, 6.45) is 0. The predicted molar refractivity (Wildman–Crippen MR) is 225 cm³/mol. The van der Waals surface area contributed by atoms with Crippen LogP contribution in [0, 0.1) is 13.8 Å². The molecule has 4 rings (SSSR count). The number of rotatable bonds is 26. The second-order valence-corrected chi connectivity index (χ2v) is 13.7. The molecule has 0 saturated heterocycles. The normalized spacial score (nSPS) is 11.7. The van der Waals surface area contributed by atoms with E-state index in [1.807, 2.05) is 64.1 Å². The zero-order valence-corrected chi connectivity index (χ0v) is 34.8. The molecule has 58 heavy (non-hydrogen) atoms. The van der Waals surface area contributed by atoms with E-state index in [0.29, 0.717) is 103 Å². The Hall–Kier alpha value is -5.02. The molecule has 0 unspecified atom stereocenters. The first-order valence-electron chi connectivity index (χ1n) is 20.0. The Morgan fingerprint density at radius 1 is 0.828 bits per heavy atom. The van der Waals surface area contributed by atoms with E-state index in [2.05, 4.69) is 51.6 Å². The van der Waals surface area contributed by atoms with Crippen molar-refractivity contribution in [2.45, 2.75) is 47.6 Å². The lowest BCUT2D eigenvalue weighted by atomic mass is 9.89. The third kappa shape index (κ3) is 13.5. The van der Waals surface area contributed by atoms with Crippen LogP contribution in [0.4, 0.5) is 5.69 Å². The van der Waals surface area contributed by atoms with Crippen molar-refractivity contribution in [1.29, 1.82) is 0 Å². The van der Waals surface area contributed by atoms with E-state index in [-0.39, 0.29) is 24.4 Å². The maximum atomic E-state index is 14.5. The zero-order valence-electron chi connectivity index (χ0n) is 34.8. The van der Waals surface area contributed by atoms with E-state index >= 15 is 0 Å². The van der Waals surface area contributed by atoms with E-state index in [9.17, 15) is 9.59 Å². The lowest BCUT2D eigenvalue weighted by molar-refractivity contribution is -0.122. The van der Waals surface area contributed by atoms with Crippen molar-refractivity contribution in [3.8, 4) is 22.5 Å². The number of nitrogens with one attached hydrogen (secondary N) is 2. The summed E-state index contributed by atoms with van der Waals surface area (Å²) < 4.78 is 33.9. The average Bonchev–Trinajstić information content (AvgIpc) is 3.20. The van der Waals surface area contributed by atoms with Crippen LogP contribution in [-0.2, 0) is 28.5 Å². The summed E-state index contributed by atoms with van der Waals surface area (Å²) in [5, 5.41) is 11.5. The fourth-order valence-electron chi connectivity index (χ4n) is 6.34. The number of benzene rings is 3. The molecule has 2 amide bonds. The molecule has 1 aliphatic carbocycles. The third-order valence-electron chi connectivity index (χ3n) is 9.16. The molecular formula is C43H59N7O8. The van der Waals surface area contributed by atoms with Crippen LogP contribution < -0.4 is 16.0 Å². The molecule has 2 aliphatic rings. The fourth-order valence-corrected chi connectivity index (χ4v) is 6.34. The molecule has 0 radical (unpaired) electrons. The van der Waals surface area contributed by atoms with Gasteiger partial charge in [-0.25, -0.2) is 0 Å². The minimum Gasteiger partial charge on any atom is -0.456 e. The van der Waals surface area contributed by atoms with Crippen LogP contribution in [0.15, 0.2) is 63.1 Å². The third-order valence-corrected chi connectivity index (χ3v) is 9.16. The molecule has 0 saturated carbocycles. The highest BCUT2D eigenvalue weighted by Crippen LogP contribution is 2.43. The Bertz CT molecular complexity index is 2010. The second kappa shape index (κ2) is 24.7. The molecule has 2 N–H and O–H groups in total. The number of anilines is 1. The molecule has 15 nitrogen and oxygen atoms in total. The van der Waals surface area contributed by atoms with E-state index < -0.39 is 0 Å². The van der Waals surface area contributed by atoms with Crippen molar-refractivity contribution in [1.82, 2.24) is 10.2 Å². The summed E-state index contributed by atoms with van der Waals surface area (Å²) in [6.45, 7) is 17.9. The molecule has 15 heteroatoms. The van der Waals surface area contributed by atoms with Gasteiger partial charge in [0.05, 0.1) is 71.4 Å². The molecule has 1 aliphatic heterocycles. The van der Waals surface area contributed by atoms with E-state index in [4.69, 9.17) is 33.6 Å². The maximum absolute atomic E-state index is 14.5. The molecule has 314 valence electrons. The number of aryl methyl sites for hydroxylation is 2. The summed E-state index contributed by atoms with van der Waals surface area (Å²) in [6, 6.07) is 15.5. The van der Waals surface area contributed by atoms with Crippen molar-refractivity contribution in [2.24, 2.45) is 10.1 Å². The smallest absolute Gasteiger partial charge is 0.255 e. The van der Waals surface area contributed by atoms with Crippen molar-refractivity contribution in [2.75, 3.05) is 104 Å². The quantitative estimate of drug-likeness (QED) is 0.0234. The van der Waals surface area contributed by atoms with Gasteiger partial charge in [-0.2, -0.15) is 0 Å². The first kappa shape index (κ1) is 45.7. The number of fused-ring (bicyclic) bond motifs is 2. The van der Waals surface area contributed by atoms with Crippen LogP contribution in [0.1, 0.15) is 49.2 Å². The topological polar surface area (TPSA) is 182 Å². The van der Waals surface area contributed by atoms with Crippen molar-refractivity contribution >= 4 is 28.5 Å². The van der Waals surface area contributed by atoms with Gasteiger partial charge in [-0.05, 0) is 82.0 Å². The van der Waals surface area contributed by atoms with Crippen LogP contribution >= 0.6 is 0 Å². The summed E-state index contributed by atoms with van der Waals surface area (Å²) in [5.41, 5.74) is 15.0. The zero-order chi connectivity index (χ0) is 41.7. The Balaban J connectivity index is 1.32. The van der Waals surface area contributed by atoms with Gasteiger partial charge < -0.3 is 43.6 Å². The molecular weight excluding hydrogens is 743 g/mol. The Labute approximate surface area is 341 Å². The van der Waals surface area contributed by atoms with Crippen LogP contribution in [-0.4, -0.2) is 122 Å². The van der Waals surface area contributed by atoms with Gasteiger partial charge in [0.1, 0.15) is 17.9 Å². The Morgan fingerprint density at radius 3 is 2.09 bits per heavy atom. The first-order valence-corrected chi connectivity index (χ1v) is 20.0. The number of hydrogen-bond donors (Lipinski definition) is 2. The first-order chi connectivity index (χ1) is 28.2. The summed E-state index contributed by atoms with van der Waals surface area (Å²) >= 11 is 0. The van der Waals surface area contributed by atoms with E-state index in [0.717, 1.165) is 50.8 Å². The number of carbonyl (C=O) groups is 2. The SMILES string of the molecule is CCN=c1cc2oc3cc(NCC)c(C)cc3c(-c3ccccc3C(=O)N(CC(=O)NCCOCCOCCOCCOCCOCCN=[N+]=[N-])C(C)C)c-2cc1C. The maximum Gasteiger partial charge on any atom is 0.255 e. The largest absolute Gasteiger partial charge is 0.456 e. The van der Waals surface area contributed by atoms with Gasteiger partial charge in [0.15, 0.2) is 0 Å². The minimum absolute atomic E-state index is 0.108. The van der Waals surface area contributed by atoms with E-state index in [1.54, 1.807) is 4.90 Å². The van der Waals surface area contributed by atoms with Crippen molar-refractivity contribution in [3.05, 3.63) is 81.0 Å². The molecule has 0 aromatic heterocycles. The van der Waals surface area contributed by atoms with Crippen LogP contribution in [0.2, 0.25) is 0 Å². The van der Waals surface area contributed by atoms with Gasteiger partial charge in [-0.1, -0.05) is 23.3 Å². The summed E-state index contributed by atoms with van der Waals surface area (Å²) in [5.74, 6) is 0.157. The second-order valence-electron chi connectivity index (χ2n) is 13.7. The number of carbonyl (C=O) groups excluding carboxylic acids is 2. The van der Waals surface area contributed by atoms with Crippen LogP contribution in [0.25, 0.3) is 43.9 Å². The lowest BCUT2D eigenvalue weighted by Crippen LogP contribution is -2.45. The average molecular weight is 802 g/mol. The molecule has 0 fully saturated rings. The highest BCUT2D eigenvalue weighted by Gasteiger charge is 2.27. The molecule has 0 atom stereocenters. The van der Waals surface area contributed by atoms with Crippen molar-refractivity contribution < 1.29 is 37.7 Å². The number of ether oxygens (including phenoxy) is 5. The Kier molecular flexibility index (Phi) is 19.4. The van der Waals surface area contributed by atoms with Crippen LogP contribution in [0.3, 0.4) is 0 Å². The fraction of sp³-hybridized carbons (Fsp3) is 0.512. The Morgan fingerprint density at radius 2 is 1.47 bits per heavy atom. The number of azide groups is 1. The summed E-state index contributed by atoms with van der Waals surface area (Å²) in [4.78, 5) is 36.6. The summed E-state index contributed by atoms with van der Waals surface area (Å²) in [7, 11) is 0. The molecule has 2 aromatic carbocycles. The van der Waals surface area contributed by atoms with Gasteiger partial charge in [-0.3, -0.25) is 14.6 Å². The molecule has 2 aromatic rings. The molecule has 1 heterocycles. The predicted octanol–water partition coefficient (Wildman–Crippen LogP) is 6.53. The van der Waals surface area contributed by atoms with Gasteiger partial charge in [0, 0.05) is 77.0 Å². The monoisotopic (exact) mass is 801 g/mol. The minimum atomic E-state index is -0.276. The van der Waals surface area contributed by atoms with Gasteiger partial charge in [0.25, 0.3) is 5.91 Å². The standard InChI is InChI=1S/C43H59N7O8/c1-7-45-37-27-39-35(25-31(37)5)42(36-26-32(6)38(46-8-2)28-40(36)58-39)33-11-9-10-12-34(33)43(52)50(30(3)4)29-41(51)47-13-15-53-17-19-55-21-23-57-24-22-56-20-18-54-16-14-48-49-44/h9-12,25-28,30,45H,7-8,13-24,29H2,1-6H3,(H,47,51). The van der Waals surface area contributed by atoms with Gasteiger partial charge in [0.2, 0.25) is 5.91 Å². The van der Waals surface area contributed by atoms with Gasteiger partial charge in [-0.15, -0.1) is 0 Å². The number of amides is 2. The van der Waals surface area contributed by atoms with E-state index in [1.165, 1.54) is 0 Å². The van der Waals surface area contributed by atoms with Gasteiger partial charge >= 0.3 is 0 Å². The number of nitrogens with zero attached hydrogens (tertiary/aromatic N) is 5. The van der Waals surface area contributed by atoms with Crippen LogP contribution in [0.5, 0.6) is 0 Å². The highest BCUT2D eigenvalue weighted by molar-refractivity contribution is 6.10. The highest BCUT2D eigenvalue weighted by atomic mass is 16.6. The number of hydrogen-bond acceptors (Lipinski definition) is 11. The molecule has 0 bridgehead atoms. The molecule has 0 spiro atoms. The lowest BCUT2D eigenvalue weighted by Gasteiger charge is -2.28.